The van der Waals surface area contributed by atoms with Gasteiger partial charge in [-0.05, 0) is 83.5 Å². The topological polar surface area (TPSA) is 61.8 Å². The van der Waals surface area contributed by atoms with Gasteiger partial charge in [-0.3, -0.25) is 9.59 Å². The molecular weight excluding hydrogens is 765 g/mol. The number of unbranched alkanes of at least 4 members (excludes halogenated alkanes) is 25. The highest BCUT2D eigenvalue weighted by atomic mass is 16.6. The molecule has 0 rings (SSSR count). The van der Waals surface area contributed by atoms with Crippen molar-refractivity contribution in [3.8, 4) is 0 Å². The summed E-state index contributed by atoms with van der Waals surface area (Å²) in [5.41, 5.74) is 0. The molecule has 0 aromatic rings. The lowest BCUT2D eigenvalue weighted by atomic mass is 10.0. The number of carbonyl (C=O) groups is 2. The van der Waals surface area contributed by atoms with E-state index in [-0.39, 0.29) is 25.2 Å². The Kier molecular flexibility index (Phi) is 50.4. The second-order valence-corrected chi connectivity index (χ2v) is 17.4. The standard InChI is InChI=1S/C57H100O5/c1-4-7-10-13-16-19-22-25-27-29-30-33-35-38-41-44-47-50-56(58)61-54-55(62-57(59)51-48-45-42-39-36-32-24-21-18-15-12-9-6-3)53-60-52-49-46-43-40-37-34-31-28-26-23-20-17-14-11-8-5-2/h7,10,16,19,25-28,30,33,38,41,55H,4-6,8-9,11-15,17-18,20-24,29,31-32,34-37,39-40,42-54H2,1-3H3/b10-7-,19-16-,27-25-,28-26-,33-30-,41-38-. The van der Waals surface area contributed by atoms with Gasteiger partial charge >= 0.3 is 11.9 Å². The molecule has 5 heteroatoms. The minimum Gasteiger partial charge on any atom is -0.462 e. The van der Waals surface area contributed by atoms with Crippen molar-refractivity contribution >= 4 is 11.9 Å². The van der Waals surface area contributed by atoms with Crippen molar-refractivity contribution in [3.63, 3.8) is 0 Å². The van der Waals surface area contributed by atoms with Gasteiger partial charge in [0.25, 0.3) is 0 Å². The fraction of sp³-hybridized carbons (Fsp3) is 0.754. The van der Waals surface area contributed by atoms with Crippen molar-refractivity contribution in [2.24, 2.45) is 0 Å². The summed E-state index contributed by atoms with van der Waals surface area (Å²) in [6.45, 7) is 7.66. The SMILES string of the molecule is CC/C=C\C/C=C\C/C=C\C/C=C\C/C=C\CCCC(=O)OCC(COCCCCCCCC/C=C\CCCCCCCC)OC(=O)CCCCCCCCCCCCCCC. The van der Waals surface area contributed by atoms with Gasteiger partial charge in [0.15, 0.2) is 6.10 Å². The minimum absolute atomic E-state index is 0.0538. The van der Waals surface area contributed by atoms with Crippen molar-refractivity contribution in [1.82, 2.24) is 0 Å². The van der Waals surface area contributed by atoms with Crippen LogP contribution in [0.4, 0.5) is 0 Å². The Morgan fingerprint density at radius 3 is 1.23 bits per heavy atom. The van der Waals surface area contributed by atoms with E-state index in [2.05, 4.69) is 93.7 Å². The van der Waals surface area contributed by atoms with Gasteiger partial charge in [-0.1, -0.05) is 229 Å². The van der Waals surface area contributed by atoms with Crippen LogP contribution in [0.2, 0.25) is 0 Å². The average molecular weight is 865 g/mol. The van der Waals surface area contributed by atoms with Gasteiger partial charge in [-0.15, -0.1) is 0 Å². The van der Waals surface area contributed by atoms with Crippen LogP contribution < -0.4 is 0 Å². The zero-order valence-corrected chi connectivity index (χ0v) is 41.1. The smallest absolute Gasteiger partial charge is 0.306 e. The summed E-state index contributed by atoms with van der Waals surface area (Å²) in [4.78, 5) is 25.4. The third kappa shape index (κ3) is 50.0. The zero-order chi connectivity index (χ0) is 44.9. The molecule has 358 valence electrons. The van der Waals surface area contributed by atoms with Crippen LogP contribution in [0, 0.1) is 0 Å². The molecule has 1 atom stereocenters. The fourth-order valence-electron chi connectivity index (χ4n) is 7.31. The molecule has 0 aliphatic heterocycles. The highest BCUT2D eigenvalue weighted by Crippen LogP contribution is 2.15. The lowest BCUT2D eigenvalue weighted by Crippen LogP contribution is -2.30. The van der Waals surface area contributed by atoms with Gasteiger partial charge in [-0.25, -0.2) is 0 Å². The summed E-state index contributed by atoms with van der Waals surface area (Å²) in [6, 6.07) is 0. The van der Waals surface area contributed by atoms with Gasteiger partial charge in [0.05, 0.1) is 6.61 Å². The molecule has 0 aliphatic carbocycles. The second-order valence-electron chi connectivity index (χ2n) is 17.4. The van der Waals surface area contributed by atoms with Crippen LogP contribution in [0.3, 0.4) is 0 Å². The first kappa shape index (κ1) is 59.3. The Morgan fingerprint density at radius 1 is 0.371 bits per heavy atom. The summed E-state index contributed by atoms with van der Waals surface area (Å²) in [5, 5.41) is 0. The quantitative estimate of drug-likeness (QED) is 0.0346. The van der Waals surface area contributed by atoms with E-state index in [0.29, 0.717) is 19.4 Å². The molecular formula is C57H100O5. The molecule has 5 nitrogen and oxygen atoms in total. The number of allylic oxidation sites excluding steroid dienone is 12. The number of hydrogen-bond donors (Lipinski definition) is 0. The number of carbonyl (C=O) groups excluding carboxylic acids is 2. The maximum atomic E-state index is 12.8. The largest absolute Gasteiger partial charge is 0.462 e. The van der Waals surface area contributed by atoms with Crippen LogP contribution in [-0.2, 0) is 23.8 Å². The number of esters is 2. The van der Waals surface area contributed by atoms with Crippen LogP contribution in [0.25, 0.3) is 0 Å². The third-order valence-corrected chi connectivity index (χ3v) is 11.2. The minimum atomic E-state index is -0.562. The molecule has 0 saturated heterocycles. The van der Waals surface area contributed by atoms with E-state index in [1.165, 1.54) is 148 Å². The van der Waals surface area contributed by atoms with Crippen molar-refractivity contribution < 1.29 is 23.8 Å². The summed E-state index contributed by atoms with van der Waals surface area (Å²) in [6.07, 6.45) is 67.7. The molecule has 0 spiro atoms. The predicted molar refractivity (Wildman–Crippen MR) is 270 cm³/mol. The Balaban J connectivity index is 4.35. The second kappa shape index (κ2) is 52.7. The van der Waals surface area contributed by atoms with Gasteiger partial charge in [0.1, 0.15) is 6.61 Å². The molecule has 0 fully saturated rings. The summed E-state index contributed by atoms with van der Waals surface area (Å²) in [5.74, 6) is -0.462. The van der Waals surface area contributed by atoms with Crippen molar-refractivity contribution in [2.45, 2.75) is 258 Å². The van der Waals surface area contributed by atoms with E-state index in [1.54, 1.807) is 0 Å². The van der Waals surface area contributed by atoms with Crippen molar-refractivity contribution in [3.05, 3.63) is 72.9 Å². The van der Waals surface area contributed by atoms with Crippen LogP contribution in [0.15, 0.2) is 72.9 Å². The number of ether oxygens (including phenoxy) is 3. The monoisotopic (exact) mass is 865 g/mol. The maximum Gasteiger partial charge on any atom is 0.306 e. The Labute approximate surface area is 385 Å². The van der Waals surface area contributed by atoms with Crippen LogP contribution in [0.5, 0.6) is 0 Å². The number of rotatable bonds is 48. The first-order chi connectivity index (χ1) is 30.6. The van der Waals surface area contributed by atoms with Crippen LogP contribution >= 0.6 is 0 Å². The zero-order valence-electron chi connectivity index (χ0n) is 41.1. The van der Waals surface area contributed by atoms with E-state index >= 15 is 0 Å². The lowest BCUT2D eigenvalue weighted by Gasteiger charge is -2.18. The summed E-state index contributed by atoms with van der Waals surface area (Å²) < 4.78 is 17.4. The molecule has 0 N–H and O–H groups in total. The van der Waals surface area contributed by atoms with E-state index in [0.717, 1.165) is 70.6 Å². The first-order valence-electron chi connectivity index (χ1n) is 26.5. The molecule has 0 saturated carbocycles. The van der Waals surface area contributed by atoms with Crippen LogP contribution in [-0.4, -0.2) is 37.9 Å². The third-order valence-electron chi connectivity index (χ3n) is 11.2. The summed E-state index contributed by atoms with van der Waals surface area (Å²) >= 11 is 0. The van der Waals surface area contributed by atoms with Crippen LogP contribution in [0.1, 0.15) is 252 Å². The van der Waals surface area contributed by atoms with E-state index in [1.807, 2.05) is 0 Å². The highest BCUT2D eigenvalue weighted by molar-refractivity contribution is 5.70. The molecule has 0 bridgehead atoms. The van der Waals surface area contributed by atoms with E-state index < -0.39 is 6.10 Å². The normalized spacial score (nSPS) is 12.8. The maximum absolute atomic E-state index is 12.8. The Morgan fingerprint density at radius 2 is 0.742 bits per heavy atom. The highest BCUT2D eigenvalue weighted by Gasteiger charge is 2.17. The molecule has 0 aromatic carbocycles. The molecule has 0 heterocycles. The van der Waals surface area contributed by atoms with E-state index in [9.17, 15) is 9.59 Å². The molecule has 1 unspecified atom stereocenters. The van der Waals surface area contributed by atoms with E-state index in [4.69, 9.17) is 14.2 Å². The Bertz CT molecular complexity index is 1110. The Hall–Kier alpha value is -2.66. The van der Waals surface area contributed by atoms with Gasteiger partial charge in [0.2, 0.25) is 0 Å². The molecule has 62 heavy (non-hydrogen) atoms. The molecule has 0 amide bonds. The molecule has 0 radical (unpaired) electrons. The van der Waals surface area contributed by atoms with Crippen molar-refractivity contribution in [1.29, 1.82) is 0 Å². The predicted octanol–water partition coefficient (Wildman–Crippen LogP) is 17.9. The fourth-order valence-corrected chi connectivity index (χ4v) is 7.31. The summed E-state index contributed by atoms with van der Waals surface area (Å²) in [7, 11) is 0. The first-order valence-corrected chi connectivity index (χ1v) is 26.5. The van der Waals surface area contributed by atoms with Crippen molar-refractivity contribution in [2.75, 3.05) is 19.8 Å². The molecule has 0 aliphatic rings. The van der Waals surface area contributed by atoms with Gasteiger partial charge < -0.3 is 14.2 Å². The average Bonchev–Trinajstić information content (AvgIpc) is 3.27. The number of hydrogen-bond acceptors (Lipinski definition) is 5. The van der Waals surface area contributed by atoms with Gasteiger partial charge in [0, 0.05) is 19.4 Å². The van der Waals surface area contributed by atoms with Gasteiger partial charge in [-0.2, -0.15) is 0 Å². The lowest BCUT2D eigenvalue weighted by molar-refractivity contribution is -0.163. The molecule has 0 aromatic heterocycles.